The van der Waals surface area contributed by atoms with Crippen LogP contribution in [-0.4, -0.2) is 8.07 Å². The van der Waals surface area contributed by atoms with Gasteiger partial charge in [-0.25, -0.2) is 8.78 Å². The summed E-state index contributed by atoms with van der Waals surface area (Å²) in [6.45, 7) is 0. The van der Waals surface area contributed by atoms with Crippen molar-refractivity contribution in [1.82, 2.24) is 0 Å². The maximum absolute atomic E-state index is 14.1. The zero-order valence-corrected chi connectivity index (χ0v) is 25.6. The molecule has 0 aromatic heterocycles. The molecular weight excluding hydrogens is 571 g/mol. The molecular formula is C42H30F2Si. The van der Waals surface area contributed by atoms with E-state index in [2.05, 4.69) is 127 Å². The normalized spacial score (nSPS) is 11.3. The maximum Gasteiger partial charge on any atom is 0.179 e. The van der Waals surface area contributed by atoms with Crippen LogP contribution in [0.1, 0.15) is 0 Å². The molecule has 3 heteroatoms. The van der Waals surface area contributed by atoms with Gasteiger partial charge in [0.1, 0.15) is 11.6 Å². The second-order valence-corrected chi connectivity index (χ2v) is 15.0. The van der Waals surface area contributed by atoms with Gasteiger partial charge in [0.25, 0.3) is 0 Å². The molecule has 7 aromatic carbocycles. The van der Waals surface area contributed by atoms with E-state index in [1.165, 1.54) is 44.0 Å². The average Bonchev–Trinajstić information content (AvgIpc) is 3.10. The molecule has 0 saturated carbocycles. The SMILES string of the molecule is Fc1cccc(-c2ccc([Si](c3ccccc3)(c3ccc(-c4ccccc4)cc3)c3ccc(-c4cccc(F)c4)cc3)cc2)c1. The minimum atomic E-state index is -2.84. The summed E-state index contributed by atoms with van der Waals surface area (Å²) in [7, 11) is -2.84. The van der Waals surface area contributed by atoms with Crippen LogP contribution in [0, 0.1) is 11.6 Å². The van der Waals surface area contributed by atoms with Crippen LogP contribution in [0.4, 0.5) is 8.78 Å². The van der Waals surface area contributed by atoms with Crippen molar-refractivity contribution in [2.24, 2.45) is 0 Å². The van der Waals surface area contributed by atoms with E-state index in [9.17, 15) is 8.78 Å². The first-order chi connectivity index (χ1) is 22.1. The molecule has 0 aliphatic carbocycles. The van der Waals surface area contributed by atoms with E-state index in [4.69, 9.17) is 0 Å². The third kappa shape index (κ3) is 5.55. The molecule has 216 valence electrons. The first kappa shape index (κ1) is 28.4. The minimum absolute atomic E-state index is 0.249. The highest BCUT2D eigenvalue weighted by atomic mass is 28.3. The fourth-order valence-electron chi connectivity index (χ4n) is 6.39. The Bertz CT molecular complexity index is 1950. The molecule has 0 saturated heterocycles. The van der Waals surface area contributed by atoms with Crippen molar-refractivity contribution < 1.29 is 8.78 Å². The lowest BCUT2D eigenvalue weighted by molar-refractivity contribution is 0.628. The van der Waals surface area contributed by atoms with Crippen molar-refractivity contribution in [3.8, 4) is 33.4 Å². The zero-order chi connectivity index (χ0) is 30.6. The highest BCUT2D eigenvalue weighted by Gasteiger charge is 2.41. The van der Waals surface area contributed by atoms with E-state index >= 15 is 0 Å². The third-order valence-corrected chi connectivity index (χ3v) is 13.4. The van der Waals surface area contributed by atoms with Gasteiger partial charge in [0, 0.05) is 0 Å². The molecule has 0 atom stereocenters. The summed E-state index contributed by atoms with van der Waals surface area (Å²) in [5, 5.41) is 4.96. The Kier molecular flexibility index (Phi) is 7.77. The molecule has 45 heavy (non-hydrogen) atoms. The molecule has 0 aliphatic heterocycles. The number of hydrogen-bond donors (Lipinski definition) is 0. The molecule has 7 rings (SSSR count). The maximum atomic E-state index is 14.1. The van der Waals surface area contributed by atoms with Gasteiger partial charge < -0.3 is 0 Å². The molecule has 0 nitrogen and oxygen atoms in total. The Balaban J connectivity index is 1.44. The summed E-state index contributed by atoms with van der Waals surface area (Å²) >= 11 is 0. The van der Waals surface area contributed by atoms with E-state index < -0.39 is 8.07 Å². The summed E-state index contributed by atoms with van der Waals surface area (Å²) in [5.41, 5.74) is 5.97. The Morgan fingerprint density at radius 1 is 0.267 bits per heavy atom. The topological polar surface area (TPSA) is 0 Å². The van der Waals surface area contributed by atoms with Gasteiger partial charge in [-0.05, 0) is 78.4 Å². The van der Waals surface area contributed by atoms with Crippen molar-refractivity contribution in [2.45, 2.75) is 0 Å². The predicted octanol–water partition coefficient (Wildman–Crippen LogP) is 8.34. The number of rotatable bonds is 7. The Labute approximate surface area is 263 Å². The van der Waals surface area contributed by atoms with E-state index in [1.807, 2.05) is 18.2 Å². The highest BCUT2D eigenvalue weighted by molar-refractivity contribution is 7.19. The lowest BCUT2D eigenvalue weighted by Gasteiger charge is -2.35. The highest BCUT2D eigenvalue weighted by Crippen LogP contribution is 2.23. The second-order valence-electron chi connectivity index (χ2n) is 11.2. The molecule has 0 radical (unpaired) electrons. The quantitative estimate of drug-likeness (QED) is 0.127. The van der Waals surface area contributed by atoms with Gasteiger partial charge >= 0.3 is 0 Å². The predicted molar refractivity (Wildman–Crippen MR) is 186 cm³/mol. The van der Waals surface area contributed by atoms with Crippen molar-refractivity contribution in [1.29, 1.82) is 0 Å². The van der Waals surface area contributed by atoms with Gasteiger partial charge in [-0.2, -0.15) is 0 Å². The monoisotopic (exact) mass is 600 g/mol. The summed E-state index contributed by atoms with van der Waals surface area (Å²) < 4.78 is 28.2. The fourth-order valence-corrected chi connectivity index (χ4v) is 11.1. The van der Waals surface area contributed by atoms with Crippen LogP contribution >= 0.6 is 0 Å². The fraction of sp³-hybridized carbons (Fsp3) is 0. The minimum Gasteiger partial charge on any atom is -0.207 e. The largest absolute Gasteiger partial charge is 0.207 e. The molecule has 0 amide bonds. The van der Waals surface area contributed by atoms with Crippen molar-refractivity contribution in [3.05, 3.63) is 194 Å². The van der Waals surface area contributed by atoms with Crippen LogP contribution in [0.15, 0.2) is 182 Å². The first-order valence-electron chi connectivity index (χ1n) is 15.1. The lowest BCUT2D eigenvalue weighted by atomic mass is 10.1. The van der Waals surface area contributed by atoms with Gasteiger partial charge in [-0.3, -0.25) is 0 Å². The molecule has 0 fully saturated rings. The van der Waals surface area contributed by atoms with Crippen molar-refractivity contribution in [3.63, 3.8) is 0 Å². The molecule has 7 aromatic rings. The number of benzene rings is 7. The molecule has 0 aliphatic rings. The van der Waals surface area contributed by atoms with Gasteiger partial charge in [-0.1, -0.05) is 158 Å². The Hall–Kier alpha value is -5.38. The second kappa shape index (κ2) is 12.3. The van der Waals surface area contributed by atoms with Crippen LogP contribution in [0.3, 0.4) is 0 Å². The average molecular weight is 601 g/mol. The lowest BCUT2D eigenvalue weighted by Crippen LogP contribution is -2.74. The van der Waals surface area contributed by atoms with Crippen molar-refractivity contribution in [2.75, 3.05) is 0 Å². The van der Waals surface area contributed by atoms with Gasteiger partial charge in [-0.15, -0.1) is 0 Å². The van der Waals surface area contributed by atoms with Crippen LogP contribution in [0.5, 0.6) is 0 Å². The van der Waals surface area contributed by atoms with Gasteiger partial charge in [0.2, 0.25) is 0 Å². The summed E-state index contributed by atoms with van der Waals surface area (Å²) in [6.07, 6.45) is 0. The standard InChI is InChI=1S/C42H30F2Si/c43-37-13-7-11-35(29-37)33-19-25-41(26-20-33)45(39-15-5-2-6-16-39,40-23-17-32(18-24-40)31-9-3-1-4-10-31)42-27-21-34(22-28-42)36-12-8-14-38(44)30-36/h1-30H. The van der Waals surface area contributed by atoms with Crippen LogP contribution in [-0.2, 0) is 0 Å². The van der Waals surface area contributed by atoms with E-state index in [0.717, 1.165) is 22.3 Å². The number of halogens is 2. The van der Waals surface area contributed by atoms with Gasteiger partial charge in [0.05, 0.1) is 0 Å². The number of hydrogen-bond acceptors (Lipinski definition) is 0. The van der Waals surface area contributed by atoms with Gasteiger partial charge in [0.15, 0.2) is 8.07 Å². The summed E-state index contributed by atoms with van der Waals surface area (Å²) in [5.74, 6) is -0.497. The van der Waals surface area contributed by atoms with Crippen LogP contribution in [0.25, 0.3) is 33.4 Å². The van der Waals surface area contributed by atoms with E-state index in [-0.39, 0.29) is 11.6 Å². The summed E-state index contributed by atoms with van der Waals surface area (Å²) in [4.78, 5) is 0. The summed E-state index contributed by atoms with van der Waals surface area (Å²) in [6, 6.07) is 60.9. The molecule has 0 spiro atoms. The third-order valence-electron chi connectivity index (χ3n) is 8.58. The van der Waals surface area contributed by atoms with E-state index in [0.29, 0.717) is 0 Å². The molecule has 0 bridgehead atoms. The zero-order valence-electron chi connectivity index (χ0n) is 24.6. The first-order valence-corrected chi connectivity index (χ1v) is 17.1. The van der Waals surface area contributed by atoms with E-state index in [1.54, 1.807) is 24.3 Å². The van der Waals surface area contributed by atoms with Crippen molar-refractivity contribution >= 4 is 28.8 Å². The van der Waals surface area contributed by atoms with Crippen LogP contribution in [0.2, 0.25) is 0 Å². The Morgan fingerprint density at radius 2 is 0.578 bits per heavy atom. The van der Waals surface area contributed by atoms with Crippen LogP contribution < -0.4 is 20.7 Å². The molecule has 0 heterocycles. The molecule has 0 unspecified atom stereocenters. The smallest absolute Gasteiger partial charge is 0.179 e. The molecule has 0 N–H and O–H groups in total. The Morgan fingerprint density at radius 3 is 0.978 bits per heavy atom.